The topological polar surface area (TPSA) is 38.3 Å². The van der Waals surface area contributed by atoms with Gasteiger partial charge in [-0.1, -0.05) is 26.0 Å². The molecular formula is C16H21NO2. The van der Waals surface area contributed by atoms with Crippen LogP contribution in [0.3, 0.4) is 0 Å². The predicted octanol–water partition coefficient (Wildman–Crippen LogP) is 2.50. The number of carbonyl (C=O) groups is 1. The predicted molar refractivity (Wildman–Crippen MR) is 74.3 cm³/mol. The van der Waals surface area contributed by atoms with Crippen molar-refractivity contribution in [2.45, 2.75) is 32.6 Å². The van der Waals surface area contributed by atoms with Crippen molar-refractivity contribution in [3.8, 4) is 5.75 Å². The van der Waals surface area contributed by atoms with Gasteiger partial charge in [-0.05, 0) is 29.9 Å². The molecule has 0 radical (unpaired) electrons. The third-order valence-electron chi connectivity index (χ3n) is 4.16. The Morgan fingerprint density at radius 3 is 3.11 bits per heavy atom. The van der Waals surface area contributed by atoms with E-state index in [-0.39, 0.29) is 11.8 Å². The SMILES string of the molecule is CC(C)C(=O)NCC1CC1c1cccc2c1CCO2. The van der Waals surface area contributed by atoms with Crippen LogP contribution in [-0.2, 0) is 11.2 Å². The highest BCUT2D eigenvalue weighted by Gasteiger charge is 2.40. The van der Waals surface area contributed by atoms with Crippen molar-refractivity contribution >= 4 is 5.91 Å². The second-order valence-corrected chi connectivity index (χ2v) is 5.92. The molecule has 1 heterocycles. The zero-order valence-corrected chi connectivity index (χ0v) is 11.6. The molecule has 102 valence electrons. The molecule has 19 heavy (non-hydrogen) atoms. The minimum absolute atomic E-state index is 0.0755. The molecule has 1 amide bonds. The van der Waals surface area contributed by atoms with E-state index in [4.69, 9.17) is 4.74 Å². The lowest BCUT2D eigenvalue weighted by Crippen LogP contribution is -2.29. The molecule has 0 aromatic heterocycles. The summed E-state index contributed by atoms with van der Waals surface area (Å²) >= 11 is 0. The van der Waals surface area contributed by atoms with E-state index in [9.17, 15) is 4.79 Å². The average Bonchev–Trinajstić information content (AvgIpc) is 3.00. The van der Waals surface area contributed by atoms with Crippen LogP contribution >= 0.6 is 0 Å². The van der Waals surface area contributed by atoms with Crippen molar-refractivity contribution in [2.24, 2.45) is 11.8 Å². The molecule has 1 aromatic carbocycles. The fourth-order valence-corrected chi connectivity index (χ4v) is 2.89. The quantitative estimate of drug-likeness (QED) is 0.902. The van der Waals surface area contributed by atoms with E-state index >= 15 is 0 Å². The zero-order valence-electron chi connectivity index (χ0n) is 11.6. The van der Waals surface area contributed by atoms with Crippen molar-refractivity contribution < 1.29 is 9.53 Å². The molecule has 3 nitrogen and oxygen atoms in total. The molecule has 1 N–H and O–H groups in total. The maximum atomic E-state index is 11.6. The Morgan fingerprint density at radius 1 is 1.47 bits per heavy atom. The van der Waals surface area contributed by atoms with Crippen LogP contribution in [0, 0.1) is 11.8 Å². The highest BCUT2D eigenvalue weighted by Crippen LogP contribution is 2.50. The van der Waals surface area contributed by atoms with Crippen molar-refractivity contribution in [3.05, 3.63) is 29.3 Å². The number of hydrogen-bond donors (Lipinski definition) is 1. The Labute approximate surface area is 114 Å². The number of benzene rings is 1. The van der Waals surface area contributed by atoms with Gasteiger partial charge in [-0.15, -0.1) is 0 Å². The lowest BCUT2D eigenvalue weighted by molar-refractivity contribution is -0.124. The Bertz CT molecular complexity index is 496. The first-order valence-electron chi connectivity index (χ1n) is 7.19. The lowest BCUT2D eigenvalue weighted by Gasteiger charge is -2.09. The molecule has 1 aliphatic heterocycles. The first-order valence-corrected chi connectivity index (χ1v) is 7.19. The molecule has 1 aromatic rings. The van der Waals surface area contributed by atoms with E-state index < -0.39 is 0 Å². The monoisotopic (exact) mass is 259 g/mol. The van der Waals surface area contributed by atoms with Gasteiger partial charge in [0.2, 0.25) is 5.91 Å². The molecule has 3 rings (SSSR count). The summed E-state index contributed by atoms with van der Waals surface area (Å²) in [6.45, 7) is 5.49. The lowest BCUT2D eigenvalue weighted by atomic mass is 10.00. The summed E-state index contributed by atoms with van der Waals surface area (Å²) in [7, 11) is 0. The summed E-state index contributed by atoms with van der Waals surface area (Å²) in [4.78, 5) is 11.6. The number of rotatable bonds is 4. The van der Waals surface area contributed by atoms with E-state index in [1.165, 1.54) is 17.5 Å². The van der Waals surface area contributed by atoms with Gasteiger partial charge in [0.05, 0.1) is 6.61 Å². The molecule has 0 spiro atoms. The molecule has 3 heteroatoms. The second-order valence-electron chi connectivity index (χ2n) is 5.92. The van der Waals surface area contributed by atoms with E-state index in [0.29, 0.717) is 11.8 Å². The van der Waals surface area contributed by atoms with Crippen LogP contribution < -0.4 is 10.1 Å². The van der Waals surface area contributed by atoms with E-state index in [1.54, 1.807) is 0 Å². The first kappa shape index (κ1) is 12.5. The van der Waals surface area contributed by atoms with E-state index in [2.05, 4.69) is 23.5 Å². The van der Waals surface area contributed by atoms with Gasteiger partial charge < -0.3 is 10.1 Å². The van der Waals surface area contributed by atoms with Crippen molar-refractivity contribution in [3.63, 3.8) is 0 Å². The van der Waals surface area contributed by atoms with Crippen molar-refractivity contribution in [1.82, 2.24) is 5.32 Å². The number of carbonyl (C=O) groups excluding carboxylic acids is 1. The highest BCUT2D eigenvalue weighted by atomic mass is 16.5. The Hall–Kier alpha value is -1.51. The van der Waals surface area contributed by atoms with Gasteiger partial charge in [0.25, 0.3) is 0 Å². The minimum atomic E-state index is 0.0755. The molecule has 0 saturated heterocycles. The second kappa shape index (κ2) is 4.87. The van der Waals surface area contributed by atoms with Gasteiger partial charge in [-0.2, -0.15) is 0 Å². The van der Waals surface area contributed by atoms with Crippen molar-refractivity contribution in [2.75, 3.05) is 13.2 Å². The number of nitrogens with one attached hydrogen (secondary N) is 1. The summed E-state index contributed by atoms with van der Waals surface area (Å²) in [5, 5.41) is 3.04. The van der Waals surface area contributed by atoms with E-state index in [1.807, 2.05) is 13.8 Å². The molecule has 1 saturated carbocycles. The molecule has 2 atom stereocenters. The van der Waals surface area contributed by atoms with Crippen LogP contribution in [0.25, 0.3) is 0 Å². The summed E-state index contributed by atoms with van der Waals surface area (Å²) in [6.07, 6.45) is 2.22. The summed E-state index contributed by atoms with van der Waals surface area (Å²) in [5.74, 6) is 2.52. The van der Waals surface area contributed by atoms with E-state index in [0.717, 1.165) is 25.3 Å². The van der Waals surface area contributed by atoms with Gasteiger partial charge in [-0.3, -0.25) is 4.79 Å². The van der Waals surface area contributed by atoms with Crippen LogP contribution in [0.5, 0.6) is 5.75 Å². The Balaban J connectivity index is 1.61. The number of fused-ring (bicyclic) bond motifs is 1. The fraction of sp³-hybridized carbons (Fsp3) is 0.562. The Kier molecular flexibility index (Phi) is 3.21. The van der Waals surface area contributed by atoms with Crippen LogP contribution in [0.1, 0.15) is 37.3 Å². The number of amides is 1. The van der Waals surface area contributed by atoms with Gasteiger partial charge >= 0.3 is 0 Å². The van der Waals surface area contributed by atoms with Gasteiger partial charge in [0.15, 0.2) is 0 Å². The fourth-order valence-electron chi connectivity index (χ4n) is 2.89. The van der Waals surface area contributed by atoms with Crippen LogP contribution in [0.2, 0.25) is 0 Å². The van der Waals surface area contributed by atoms with Crippen LogP contribution in [0.15, 0.2) is 18.2 Å². The summed E-state index contributed by atoms with van der Waals surface area (Å²) in [5.41, 5.74) is 2.84. The average molecular weight is 259 g/mol. The van der Waals surface area contributed by atoms with Gasteiger partial charge in [0.1, 0.15) is 5.75 Å². The van der Waals surface area contributed by atoms with Gasteiger partial charge in [-0.25, -0.2) is 0 Å². The Morgan fingerprint density at radius 2 is 2.32 bits per heavy atom. The molecular weight excluding hydrogens is 238 g/mol. The summed E-state index contributed by atoms with van der Waals surface area (Å²) < 4.78 is 5.61. The third kappa shape index (κ3) is 2.46. The number of hydrogen-bond acceptors (Lipinski definition) is 2. The highest BCUT2D eigenvalue weighted by molar-refractivity contribution is 5.77. The van der Waals surface area contributed by atoms with Crippen LogP contribution in [-0.4, -0.2) is 19.1 Å². The maximum Gasteiger partial charge on any atom is 0.222 e. The third-order valence-corrected chi connectivity index (χ3v) is 4.16. The normalized spacial score (nSPS) is 23.9. The molecule has 1 aliphatic carbocycles. The largest absolute Gasteiger partial charge is 0.493 e. The molecule has 1 fully saturated rings. The first-order chi connectivity index (χ1) is 9.16. The van der Waals surface area contributed by atoms with Crippen LogP contribution in [0.4, 0.5) is 0 Å². The number of ether oxygens (including phenoxy) is 1. The minimum Gasteiger partial charge on any atom is -0.493 e. The maximum absolute atomic E-state index is 11.6. The molecule has 0 bridgehead atoms. The smallest absolute Gasteiger partial charge is 0.222 e. The molecule has 2 aliphatic rings. The van der Waals surface area contributed by atoms with Crippen molar-refractivity contribution in [1.29, 1.82) is 0 Å². The van der Waals surface area contributed by atoms with Gasteiger partial charge in [0, 0.05) is 24.4 Å². The standard InChI is InChI=1S/C16H21NO2/c1-10(2)16(18)17-9-11-8-14(11)12-4-3-5-15-13(12)6-7-19-15/h3-5,10-11,14H,6-9H2,1-2H3,(H,17,18). The zero-order chi connectivity index (χ0) is 13.4. The molecule has 2 unspecified atom stereocenters. The summed E-state index contributed by atoms with van der Waals surface area (Å²) in [6, 6.07) is 6.37.